The molecule has 0 amide bonds. The molecule has 3 aromatic rings. The van der Waals surface area contributed by atoms with Gasteiger partial charge in [-0.15, -0.1) is 10.2 Å². The average Bonchev–Trinajstić information content (AvgIpc) is 3.30. The lowest BCUT2D eigenvalue weighted by Crippen LogP contribution is -2.52. The van der Waals surface area contributed by atoms with Crippen molar-refractivity contribution in [2.75, 3.05) is 39.8 Å². The third kappa shape index (κ3) is 5.58. The summed E-state index contributed by atoms with van der Waals surface area (Å²) in [6, 6.07) is 20.6. The number of aromatic nitrogens is 3. The summed E-state index contributed by atoms with van der Waals surface area (Å²) in [5.74, 6) is 1.76. The zero-order valence-corrected chi connectivity index (χ0v) is 17.9. The van der Waals surface area contributed by atoms with Crippen LogP contribution in [0.15, 0.2) is 78.1 Å². The minimum absolute atomic E-state index is 0.571. The van der Waals surface area contributed by atoms with Crippen molar-refractivity contribution in [3.05, 3.63) is 84.5 Å². The zero-order chi connectivity index (χ0) is 21.3. The lowest BCUT2D eigenvalue weighted by Gasteiger charge is -2.36. The van der Waals surface area contributed by atoms with Crippen molar-refractivity contribution in [2.24, 2.45) is 4.99 Å². The van der Waals surface area contributed by atoms with E-state index < -0.39 is 0 Å². The first-order chi connectivity index (χ1) is 15.3. The van der Waals surface area contributed by atoms with Crippen LogP contribution in [-0.4, -0.2) is 70.3 Å². The second kappa shape index (κ2) is 10.5. The van der Waals surface area contributed by atoms with E-state index in [9.17, 15) is 0 Å². The van der Waals surface area contributed by atoms with Crippen LogP contribution in [0.25, 0.3) is 11.8 Å². The summed E-state index contributed by atoms with van der Waals surface area (Å²) in [7, 11) is 1.83. The van der Waals surface area contributed by atoms with E-state index in [1.807, 2.05) is 48.0 Å². The number of nitrogens with one attached hydrogen (secondary N) is 1. The summed E-state index contributed by atoms with van der Waals surface area (Å²) in [6.45, 7) is 5.46. The number of guanidine groups is 1. The molecule has 0 radical (unpaired) electrons. The molecule has 4 rings (SSSR count). The molecule has 1 saturated heterocycles. The molecule has 1 aliphatic heterocycles. The van der Waals surface area contributed by atoms with Crippen LogP contribution in [0.2, 0.25) is 0 Å². The standard InChI is InChI=1S/C24H29N7/c1-25-24(26-19-23-28-27-20-31(23)22-12-6-3-7-13-22)30-17-15-29(16-18-30)14-8-11-21-9-4-2-5-10-21/h2-13,20H,14-19H2,1H3,(H,25,26)/b11-8+. The number of para-hydroxylation sites is 1. The van der Waals surface area contributed by atoms with Crippen LogP contribution >= 0.6 is 0 Å². The molecule has 0 aliphatic carbocycles. The Morgan fingerprint density at radius 2 is 1.71 bits per heavy atom. The van der Waals surface area contributed by atoms with Crippen molar-refractivity contribution in [3.63, 3.8) is 0 Å². The Morgan fingerprint density at radius 3 is 2.42 bits per heavy atom. The van der Waals surface area contributed by atoms with E-state index in [1.165, 1.54) is 5.56 Å². The molecule has 0 bridgehead atoms. The third-order valence-electron chi connectivity index (χ3n) is 5.41. The van der Waals surface area contributed by atoms with Gasteiger partial charge in [0.15, 0.2) is 11.8 Å². The average molecular weight is 416 g/mol. The molecule has 31 heavy (non-hydrogen) atoms. The summed E-state index contributed by atoms with van der Waals surface area (Å²) < 4.78 is 2.00. The number of benzene rings is 2. The number of aliphatic imine (C=N–C) groups is 1. The summed E-state index contributed by atoms with van der Waals surface area (Å²) in [5.41, 5.74) is 2.30. The second-order valence-electron chi connectivity index (χ2n) is 7.45. The van der Waals surface area contributed by atoms with Crippen molar-refractivity contribution < 1.29 is 0 Å². The molecule has 1 fully saturated rings. The van der Waals surface area contributed by atoms with Crippen molar-refractivity contribution in [1.29, 1.82) is 0 Å². The van der Waals surface area contributed by atoms with E-state index in [0.717, 1.165) is 50.2 Å². The summed E-state index contributed by atoms with van der Waals surface area (Å²) in [4.78, 5) is 9.26. The Morgan fingerprint density at radius 1 is 1.00 bits per heavy atom. The number of nitrogens with zero attached hydrogens (tertiary/aromatic N) is 6. The highest BCUT2D eigenvalue weighted by Gasteiger charge is 2.19. The van der Waals surface area contributed by atoms with Gasteiger partial charge < -0.3 is 10.2 Å². The maximum absolute atomic E-state index is 4.48. The molecule has 7 nitrogen and oxygen atoms in total. The fourth-order valence-corrected chi connectivity index (χ4v) is 3.72. The summed E-state index contributed by atoms with van der Waals surface area (Å²) >= 11 is 0. The van der Waals surface area contributed by atoms with E-state index >= 15 is 0 Å². The first-order valence-corrected chi connectivity index (χ1v) is 10.7. The molecule has 0 saturated carbocycles. The van der Waals surface area contributed by atoms with E-state index in [2.05, 4.69) is 66.7 Å². The van der Waals surface area contributed by atoms with Crippen molar-refractivity contribution >= 4 is 12.0 Å². The summed E-state index contributed by atoms with van der Waals surface area (Å²) in [6.07, 6.45) is 6.18. The van der Waals surface area contributed by atoms with Gasteiger partial charge in [-0.1, -0.05) is 60.7 Å². The molecule has 1 N–H and O–H groups in total. The Balaban J connectivity index is 1.27. The lowest BCUT2D eigenvalue weighted by atomic mass is 10.2. The monoisotopic (exact) mass is 415 g/mol. The van der Waals surface area contributed by atoms with Gasteiger partial charge in [0.1, 0.15) is 6.33 Å². The van der Waals surface area contributed by atoms with Crippen LogP contribution in [0.4, 0.5) is 0 Å². The normalized spacial score (nSPS) is 15.5. The van der Waals surface area contributed by atoms with Gasteiger partial charge in [0.05, 0.1) is 6.54 Å². The van der Waals surface area contributed by atoms with Crippen LogP contribution < -0.4 is 5.32 Å². The van der Waals surface area contributed by atoms with Crippen LogP contribution in [0.3, 0.4) is 0 Å². The SMILES string of the molecule is CN=C(NCc1nncn1-c1ccccc1)N1CCN(C/C=C/c2ccccc2)CC1. The highest BCUT2D eigenvalue weighted by atomic mass is 15.4. The molecule has 0 atom stereocenters. The molecular formula is C24H29N7. The number of hydrogen-bond acceptors (Lipinski definition) is 4. The van der Waals surface area contributed by atoms with Gasteiger partial charge in [-0.05, 0) is 17.7 Å². The van der Waals surface area contributed by atoms with Crippen molar-refractivity contribution in [1.82, 2.24) is 29.9 Å². The first kappa shape index (κ1) is 20.8. The molecular weight excluding hydrogens is 386 g/mol. The molecule has 1 aromatic heterocycles. The highest BCUT2D eigenvalue weighted by molar-refractivity contribution is 5.79. The minimum Gasteiger partial charge on any atom is -0.349 e. The molecule has 7 heteroatoms. The Labute approximate surface area is 183 Å². The Hall–Kier alpha value is -3.45. The summed E-state index contributed by atoms with van der Waals surface area (Å²) in [5, 5.41) is 11.8. The van der Waals surface area contributed by atoms with Gasteiger partial charge in [-0.25, -0.2) is 0 Å². The van der Waals surface area contributed by atoms with Crippen molar-refractivity contribution in [2.45, 2.75) is 6.54 Å². The van der Waals surface area contributed by atoms with Gasteiger partial charge in [-0.2, -0.15) is 0 Å². The highest BCUT2D eigenvalue weighted by Crippen LogP contribution is 2.09. The van der Waals surface area contributed by atoms with E-state index in [0.29, 0.717) is 6.54 Å². The molecule has 2 aromatic carbocycles. The number of piperazine rings is 1. The van der Waals surface area contributed by atoms with Gasteiger partial charge in [0, 0.05) is 45.5 Å². The fourth-order valence-electron chi connectivity index (χ4n) is 3.72. The van der Waals surface area contributed by atoms with Gasteiger partial charge >= 0.3 is 0 Å². The van der Waals surface area contributed by atoms with E-state index in [1.54, 1.807) is 6.33 Å². The second-order valence-corrected chi connectivity index (χ2v) is 7.45. The Bertz CT molecular complexity index is 987. The topological polar surface area (TPSA) is 61.6 Å². The molecule has 0 unspecified atom stereocenters. The lowest BCUT2D eigenvalue weighted by molar-refractivity contribution is 0.194. The van der Waals surface area contributed by atoms with Gasteiger partial charge in [-0.3, -0.25) is 14.5 Å². The van der Waals surface area contributed by atoms with E-state index in [4.69, 9.17) is 0 Å². The minimum atomic E-state index is 0.571. The number of hydrogen-bond donors (Lipinski definition) is 1. The van der Waals surface area contributed by atoms with E-state index in [-0.39, 0.29) is 0 Å². The van der Waals surface area contributed by atoms with Crippen molar-refractivity contribution in [3.8, 4) is 5.69 Å². The number of rotatable bonds is 6. The predicted octanol–water partition coefficient (Wildman–Crippen LogP) is 2.67. The quantitative estimate of drug-likeness (QED) is 0.495. The Kier molecular flexibility index (Phi) is 7.08. The smallest absolute Gasteiger partial charge is 0.194 e. The van der Waals surface area contributed by atoms with Crippen LogP contribution in [-0.2, 0) is 6.54 Å². The van der Waals surface area contributed by atoms with Crippen LogP contribution in [0, 0.1) is 0 Å². The first-order valence-electron chi connectivity index (χ1n) is 10.7. The molecule has 0 spiro atoms. The molecule has 160 valence electrons. The van der Waals surface area contributed by atoms with Crippen LogP contribution in [0.5, 0.6) is 0 Å². The van der Waals surface area contributed by atoms with Gasteiger partial charge in [0.25, 0.3) is 0 Å². The zero-order valence-electron chi connectivity index (χ0n) is 17.9. The van der Waals surface area contributed by atoms with Crippen LogP contribution in [0.1, 0.15) is 11.4 Å². The molecule has 1 aliphatic rings. The third-order valence-corrected chi connectivity index (χ3v) is 5.41. The fraction of sp³-hybridized carbons (Fsp3) is 0.292. The maximum Gasteiger partial charge on any atom is 0.194 e. The van der Waals surface area contributed by atoms with Gasteiger partial charge in [0.2, 0.25) is 0 Å². The maximum atomic E-state index is 4.48. The molecule has 2 heterocycles. The predicted molar refractivity (Wildman–Crippen MR) is 125 cm³/mol. The largest absolute Gasteiger partial charge is 0.349 e.